The number of nitrogens with zero attached hydrogens (tertiary/aromatic N) is 3. The van der Waals surface area contributed by atoms with Gasteiger partial charge in [-0.1, -0.05) is 11.6 Å². The molecule has 3 atom stereocenters. The van der Waals surface area contributed by atoms with E-state index in [0.29, 0.717) is 40.5 Å². The second-order valence-corrected chi connectivity index (χ2v) is 7.42. The van der Waals surface area contributed by atoms with Crippen molar-refractivity contribution in [2.24, 2.45) is 4.99 Å². The number of carbonyl (C=O) groups excluding carboxylic acids is 1. The topological polar surface area (TPSA) is 120 Å². The van der Waals surface area contributed by atoms with Crippen molar-refractivity contribution >= 4 is 29.0 Å². The van der Waals surface area contributed by atoms with E-state index in [0.717, 1.165) is 0 Å². The van der Waals surface area contributed by atoms with Crippen LogP contribution >= 0.6 is 11.6 Å². The van der Waals surface area contributed by atoms with Gasteiger partial charge in [0, 0.05) is 11.6 Å². The number of aliphatic hydroxyl groups is 2. The van der Waals surface area contributed by atoms with Crippen molar-refractivity contribution in [3.05, 3.63) is 52.2 Å². The Morgan fingerprint density at radius 1 is 1.28 bits per heavy atom. The van der Waals surface area contributed by atoms with Crippen LogP contribution in [0.2, 0.25) is 5.02 Å². The summed E-state index contributed by atoms with van der Waals surface area (Å²) in [5.74, 6) is -0.531. The molecule has 2 aliphatic rings. The maximum absolute atomic E-state index is 13.4. The molecule has 29 heavy (non-hydrogen) atoms. The summed E-state index contributed by atoms with van der Waals surface area (Å²) in [4.78, 5) is 25.4. The number of benzene rings is 1. The Hall–Kier alpha value is -2.62. The van der Waals surface area contributed by atoms with Gasteiger partial charge in [0.05, 0.1) is 36.1 Å². The SMILES string of the molecule is O=C(NCc1cc(F)ccc1Cl)C1=NCc2ncnc(N[C@@H]3CC[C@@H](O)[C@H]3O)c21. The molecule has 1 aromatic heterocycles. The van der Waals surface area contributed by atoms with Crippen LogP contribution in [0.3, 0.4) is 0 Å². The van der Waals surface area contributed by atoms with E-state index in [-0.39, 0.29) is 24.8 Å². The van der Waals surface area contributed by atoms with Crippen molar-refractivity contribution in [3.8, 4) is 0 Å². The Morgan fingerprint density at radius 2 is 2.10 bits per heavy atom. The fourth-order valence-corrected chi connectivity index (χ4v) is 3.73. The number of amides is 1. The Morgan fingerprint density at radius 3 is 2.86 bits per heavy atom. The number of aliphatic hydroxyl groups excluding tert-OH is 2. The van der Waals surface area contributed by atoms with Gasteiger partial charge >= 0.3 is 0 Å². The quantitative estimate of drug-likeness (QED) is 0.577. The third-order valence-corrected chi connectivity index (χ3v) is 5.48. The highest BCUT2D eigenvalue weighted by molar-refractivity contribution is 6.47. The Labute approximate surface area is 170 Å². The fourth-order valence-electron chi connectivity index (χ4n) is 3.55. The van der Waals surface area contributed by atoms with Crippen molar-refractivity contribution in [3.63, 3.8) is 0 Å². The van der Waals surface area contributed by atoms with Crippen LogP contribution in [-0.4, -0.2) is 50.0 Å². The molecule has 1 fully saturated rings. The number of hydrogen-bond donors (Lipinski definition) is 4. The monoisotopic (exact) mass is 419 g/mol. The number of aromatic nitrogens is 2. The molecular weight excluding hydrogens is 401 g/mol. The summed E-state index contributed by atoms with van der Waals surface area (Å²) >= 11 is 6.04. The molecule has 2 aromatic rings. The van der Waals surface area contributed by atoms with Gasteiger partial charge in [-0.3, -0.25) is 9.79 Å². The predicted molar refractivity (Wildman–Crippen MR) is 104 cm³/mol. The molecule has 1 saturated carbocycles. The molecule has 0 unspecified atom stereocenters. The van der Waals surface area contributed by atoms with E-state index in [9.17, 15) is 19.4 Å². The van der Waals surface area contributed by atoms with Crippen molar-refractivity contribution in [1.82, 2.24) is 15.3 Å². The lowest BCUT2D eigenvalue weighted by molar-refractivity contribution is -0.114. The van der Waals surface area contributed by atoms with E-state index in [1.165, 1.54) is 24.5 Å². The molecule has 0 spiro atoms. The minimum absolute atomic E-state index is 0.0355. The molecule has 8 nitrogen and oxygen atoms in total. The third kappa shape index (κ3) is 3.93. The van der Waals surface area contributed by atoms with Crippen molar-refractivity contribution < 1.29 is 19.4 Å². The molecule has 0 bridgehead atoms. The van der Waals surface area contributed by atoms with Crippen molar-refractivity contribution in [1.29, 1.82) is 0 Å². The van der Waals surface area contributed by atoms with Crippen LogP contribution in [-0.2, 0) is 17.9 Å². The van der Waals surface area contributed by atoms with Crippen LogP contribution in [0.1, 0.15) is 29.7 Å². The van der Waals surface area contributed by atoms with Crippen molar-refractivity contribution in [2.75, 3.05) is 5.32 Å². The average molecular weight is 420 g/mol. The number of fused-ring (bicyclic) bond motifs is 1. The first kappa shape index (κ1) is 19.7. The van der Waals surface area contributed by atoms with Gasteiger partial charge < -0.3 is 20.8 Å². The molecular formula is C19H19ClFN5O3. The zero-order valence-corrected chi connectivity index (χ0v) is 16.0. The van der Waals surface area contributed by atoms with E-state index in [2.05, 4.69) is 25.6 Å². The molecule has 2 heterocycles. The highest BCUT2D eigenvalue weighted by Crippen LogP contribution is 2.28. The largest absolute Gasteiger partial charge is 0.390 e. The zero-order valence-electron chi connectivity index (χ0n) is 15.3. The Kier molecular flexibility index (Phi) is 5.44. The molecule has 0 radical (unpaired) electrons. The van der Waals surface area contributed by atoms with Crippen molar-refractivity contribution in [2.45, 2.75) is 44.2 Å². The molecule has 1 aromatic carbocycles. The standard InChI is InChI=1S/C19H19ClFN5O3/c20-11-2-1-10(21)5-9(11)6-23-19(29)16-15-13(7-22-16)24-8-25-18(15)26-12-3-4-14(27)17(12)28/h1-2,5,8,12,14,17,27-28H,3-4,6-7H2,(H,23,29)(H,24,25,26)/t12-,14-,17+/m1/s1. The minimum atomic E-state index is -0.925. The maximum atomic E-state index is 13.4. The lowest BCUT2D eigenvalue weighted by atomic mass is 10.1. The summed E-state index contributed by atoms with van der Waals surface area (Å²) in [6, 6.07) is 3.54. The summed E-state index contributed by atoms with van der Waals surface area (Å²) in [6.07, 6.45) is 0.683. The summed E-state index contributed by atoms with van der Waals surface area (Å²) in [7, 11) is 0. The fraction of sp³-hybridized carbons (Fsp3) is 0.368. The van der Waals surface area contributed by atoms with Gasteiger partial charge in [-0.25, -0.2) is 14.4 Å². The normalized spacial score (nSPS) is 22.9. The highest BCUT2D eigenvalue weighted by Gasteiger charge is 2.35. The van der Waals surface area contributed by atoms with Crippen LogP contribution in [0.25, 0.3) is 0 Å². The van der Waals surface area contributed by atoms with Crippen LogP contribution in [0.15, 0.2) is 29.5 Å². The van der Waals surface area contributed by atoms with E-state index in [4.69, 9.17) is 11.6 Å². The first-order chi connectivity index (χ1) is 13.9. The van der Waals surface area contributed by atoms with E-state index in [1.807, 2.05) is 0 Å². The predicted octanol–water partition coefficient (Wildman–Crippen LogP) is 1.18. The van der Waals surface area contributed by atoms with E-state index in [1.54, 1.807) is 0 Å². The highest BCUT2D eigenvalue weighted by atomic mass is 35.5. The molecule has 4 rings (SSSR count). The average Bonchev–Trinajstić information content (AvgIpc) is 3.28. The minimum Gasteiger partial charge on any atom is -0.390 e. The van der Waals surface area contributed by atoms with Crippen LogP contribution in [0.5, 0.6) is 0 Å². The van der Waals surface area contributed by atoms with Gasteiger partial charge in [0.2, 0.25) is 0 Å². The van der Waals surface area contributed by atoms with Gasteiger partial charge in [-0.2, -0.15) is 0 Å². The Balaban J connectivity index is 1.51. The maximum Gasteiger partial charge on any atom is 0.270 e. The van der Waals surface area contributed by atoms with Gasteiger partial charge in [0.25, 0.3) is 5.91 Å². The summed E-state index contributed by atoms with van der Waals surface area (Å²) in [5, 5.41) is 26.0. The number of hydrogen-bond acceptors (Lipinski definition) is 7. The number of carbonyl (C=O) groups is 1. The van der Waals surface area contributed by atoms with E-state index >= 15 is 0 Å². The van der Waals surface area contributed by atoms with Crippen LogP contribution in [0, 0.1) is 5.82 Å². The summed E-state index contributed by atoms with van der Waals surface area (Å²) in [6.45, 7) is 0.264. The summed E-state index contributed by atoms with van der Waals surface area (Å²) in [5.41, 5.74) is 1.65. The van der Waals surface area contributed by atoms with Gasteiger partial charge in [-0.05, 0) is 36.6 Å². The third-order valence-electron chi connectivity index (χ3n) is 5.11. The number of aliphatic imine (C=N–C) groups is 1. The van der Waals surface area contributed by atoms with Gasteiger partial charge in [-0.15, -0.1) is 0 Å². The number of rotatable bonds is 5. The second kappa shape index (κ2) is 8.02. The van der Waals surface area contributed by atoms with Crippen LogP contribution in [0.4, 0.5) is 10.2 Å². The smallest absolute Gasteiger partial charge is 0.270 e. The van der Waals surface area contributed by atoms with Gasteiger partial charge in [0.15, 0.2) is 0 Å². The molecule has 1 amide bonds. The molecule has 1 aliphatic carbocycles. The van der Waals surface area contributed by atoms with Gasteiger partial charge in [0.1, 0.15) is 23.7 Å². The Bertz CT molecular complexity index is 986. The molecule has 10 heteroatoms. The van der Waals surface area contributed by atoms with E-state index < -0.39 is 23.9 Å². The molecule has 0 saturated heterocycles. The molecule has 1 aliphatic heterocycles. The zero-order chi connectivity index (χ0) is 20.5. The lowest BCUT2D eigenvalue weighted by Crippen LogP contribution is -2.36. The second-order valence-electron chi connectivity index (χ2n) is 7.01. The number of halogens is 2. The lowest BCUT2D eigenvalue weighted by Gasteiger charge is -2.20. The first-order valence-corrected chi connectivity index (χ1v) is 9.55. The number of nitrogens with one attached hydrogen (secondary N) is 2. The van der Waals surface area contributed by atoms with Crippen LogP contribution < -0.4 is 10.6 Å². The summed E-state index contributed by atoms with van der Waals surface area (Å²) < 4.78 is 13.4. The molecule has 152 valence electrons. The number of anilines is 1. The molecule has 4 N–H and O–H groups in total. The first-order valence-electron chi connectivity index (χ1n) is 9.17.